The van der Waals surface area contributed by atoms with E-state index in [0.29, 0.717) is 12.0 Å². The van der Waals surface area contributed by atoms with E-state index in [9.17, 15) is 46.8 Å². The van der Waals surface area contributed by atoms with E-state index in [0.717, 1.165) is 43.6 Å². The molecular formula is C28H36F6O4. The van der Waals surface area contributed by atoms with Crippen molar-refractivity contribution in [2.24, 2.45) is 23.2 Å². The predicted molar refractivity (Wildman–Crippen MR) is 129 cm³/mol. The third-order valence-electron chi connectivity index (χ3n) is 8.94. The summed E-state index contributed by atoms with van der Waals surface area (Å²) in [5.74, 6) is 2.38. The molecule has 0 spiro atoms. The lowest BCUT2D eigenvalue weighted by molar-refractivity contribution is -0.343. The van der Waals surface area contributed by atoms with E-state index >= 15 is 0 Å². The van der Waals surface area contributed by atoms with Crippen molar-refractivity contribution in [2.45, 2.75) is 101 Å². The minimum Gasteiger partial charge on any atom is -0.393 e. The molecule has 38 heavy (non-hydrogen) atoms. The highest BCUT2D eigenvalue weighted by Crippen LogP contribution is 2.60. The lowest BCUT2D eigenvalue weighted by Crippen LogP contribution is -2.55. The molecule has 7 atom stereocenters. The second-order valence-electron chi connectivity index (χ2n) is 11.3. The number of allylic oxidation sites excluding steroid dienone is 3. The number of hydrogen-bond donors (Lipinski definition) is 4. The van der Waals surface area contributed by atoms with Gasteiger partial charge in [0.2, 0.25) is 0 Å². The van der Waals surface area contributed by atoms with E-state index in [1.165, 1.54) is 5.57 Å². The second-order valence-corrected chi connectivity index (χ2v) is 11.3. The monoisotopic (exact) mass is 550 g/mol. The molecular weight excluding hydrogens is 514 g/mol. The largest absolute Gasteiger partial charge is 0.438 e. The molecule has 0 radical (unpaired) electrons. The molecule has 3 aliphatic carbocycles. The molecule has 0 aromatic heterocycles. The molecule has 0 saturated heterocycles. The number of halogens is 6. The van der Waals surface area contributed by atoms with Gasteiger partial charge in [0.15, 0.2) is 0 Å². The summed E-state index contributed by atoms with van der Waals surface area (Å²) < 4.78 is 77.2. The molecule has 4 N–H and O–H groups in total. The maximum Gasteiger partial charge on any atom is 0.438 e. The molecule has 10 heteroatoms. The number of hydrogen-bond acceptors (Lipinski definition) is 4. The summed E-state index contributed by atoms with van der Waals surface area (Å²) >= 11 is 0. The van der Waals surface area contributed by atoms with Crippen molar-refractivity contribution < 1.29 is 46.8 Å². The lowest BCUT2D eigenvalue weighted by Gasteiger charge is -2.45. The van der Waals surface area contributed by atoms with Gasteiger partial charge in [0.25, 0.3) is 0 Å². The summed E-state index contributed by atoms with van der Waals surface area (Å²) in [6.07, 6.45) is -6.60. The fourth-order valence-electron chi connectivity index (χ4n) is 6.65. The van der Waals surface area contributed by atoms with E-state index in [2.05, 4.69) is 13.5 Å². The van der Waals surface area contributed by atoms with E-state index in [1.54, 1.807) is 12.8 Å². The average Bonchev–Trinajstić information content (AvgIpc) is 3.15. The van der Waals surface area contributed by atoms with Gasteiger partial charge in [-0.1, -0.05) is 44.1 Å². The molecule has 0 aromatic rings. The maximum atomic E-state index is 12.9. The smallest absolute Gasteiger partial charge is 0.393 e. The maximum absolute atomic E-state index is 12.9. The Bertz CT molecular complexity index is 1000. The van der Waals surface area contributed by atoms with Crippen molar-refractivity contribution in [2.75, 3.05) is 0 Å². The van der Waals surface area contributed by atoms with Crippen LogP contribution < -0.4 is 0 Å². The Hall–Kier alpha value is -1.80. The first-order chi connectivity index (χ1) is 17.4. The fraction of sp³-hybridized carbons (Fsp3) is 0.714. The van der Waals surface area contributed by atoms with Gasteiger partial charge in [-0.15, -0.1) is 0 Å². The third-order valence-corrected chi connectivity index (χ3v) is 8.94. The Balaban J connectivity index is 1.75. The third kappa shape index (κ3) is 5.86. The van der Waals surface area contributed by atoms with Crippen LogP contribution in [0.2, 0.25) is 0 Å². The van der Waals surface area contributed by atoms with Gasteiger partial charge in [0, 0.05) is 12.8 Å². The molecule has 3 aliphatic rings. The van der Waals surface area contributed by atoms with E-state index < -0.39 is 48.6 Å². The zero-order chi connectivity index (χ0) is 28.7. The Morgan fingerprint density at radius 3 is 2.34 bits per heavy atom. The van der Waals surface area contributed by atoms with Crippen LogP contribution in [0.15, 0.2) is 35.5 Å². The first kappa shape index (κ1) is 30.7. The first-order valence-corrected chi connectivity index (χ1v) is 12.9. The molecule has 3 rings (SSSR count). The van der Waals surface area contributed by atoms with Crippen LogP contribution in [-0.4, -0.2) is 56.7 Å². The molecule has 214 valence electrons. The van der Waals surface area contributed by atoms with Crippen molar-refractivity contribution in [1.82, 2.24) is 0 Å². The van der Waals surface area contributed by atoms with Crippen LogP contribution >= 0.6 is 0 Å². The fourth-order valence-corrected chi connectivity index (χ4v) is 6.65. The standard InChI is InChI=1S/C28H36F6O4/c1-16-19(14-20(35)15-24(16)37)9-8-18-6-4-12-25(3)21(10-11-22(18)25)17(2)23(36)7-5-13-26(38,27(29,30)31)28(32,33)34/h8-9,17,20-24,35-38H,1,4,6-7,10-12,14-15H2,2-3H3/b18-8+,19-9-/t17-,20+,21+,22-,23+,24-,25+/m0/s1. The van der Waals surface area contributed by atoms with Crippen LogP contribution in [0.25, 0.3) is 0 Å². The van der Waals surface area contributed by atoms with Gasteiger partial charge in [0.05, 0.1) is 18.3 Å². The van der Waals surface area contributed by atoms with Gasteiger partial charge in [-0.05, 0) is 78.8 Å². The van der Waals surface area contributed by atoms with E-state index in [-0.39, 0.29) is 23.7 Å². The van der Waals surface area contributed by atoms with Crippen LogP contribution in [0, 0.1) is 35.0 Å². The van der Waals surface area contributed by atoms with Gasteiger partial charge < -0.3 is 20.4 Å². The highest BCUT2D eigenvalue weighted by atomic mass is 19.4. The van der Waals surface area contributed by atoms with Gasteiger partial charge in [-0.2, -0.15) is 26.3 Å². The molecule has 0 unspecified atom stereocenters. The second kappa shape index (κ2) is 11.0. The molecule has 0 aliphatic heterocycles. The minimum absolute atomic E-state index is 0.0296. The average molecular weight is 551 g/mol. The highest BCUT2D eigenvalue weighted by molar-refractivity contribution is 5.38. The van der Waals surface area contributed by atoms with Crippen LogP contribution in [0.4, 0.5) is 26.3 Å². The Morgan fingerprint density at radius 2 is 1.74 bits per heavy atom. The van der Waals surface area contributed by atoms with Crippen LogP contribution in [0.5, 0.6) is 0 Å². The zero-order valence-electron chi connectivity index (χ0n) is 21.5. The summed E-state index contributed by atoms with van der Waals surface area (Å²) in [6, 6.07) is 0. The highest BCUT2D eigenvalue weighted by Gasteiger charge is 2.70. The SMILES string of the molecule is C=C1/C(=C\C=C2/CCC[C@]3(C)[C@@H]([C@H](C)[C@H](O)CC#CC(O)(C(F)(F)F)C(F)(F)F)CC[C@@H]23)C[C@@H](O)C[C@@H]1O. The quantitative estimate of drug-likeness (QED) is 0.280. The molecule has 0 amide bonds. The molecule has 0 heterocycles. The Labute approximate surface area is 219 Å². The number of aliphatic hydroxyl groups is 4. The van der Waals surface area contributed by atoms with Gasteiger partial charge in [-0.3, -0.25) is 0 Å². The van der Waals surface area contributed by atoms with E-state index in [4.69, 9.17) is 0 Å². The van der Waals surface area contributed by atoms with Gasteiger partial charge in [0.1, 0.15) is 0 Å². The molecule has 4 nitrogen and oxygen atoms in total. The number of aliphatic hydroxyl groups excluding tert-OH is 3. The zero-order valence-corrected chi connectivity index (χ0v) is 21.5. The predicted octanol–water partition coefficient (Wildman–Crippen LogP) is 5.37. The molecule has 3 fully saturated rings. The topological polar surface area (TPSA) is 80.9 Å². The van der Waals surface area contributed by atoms with Crippen molar-refractivity contribution in [1.29, 1.82) is 0 Å². The summed E-state index contributed by atoms with van der Waals surface area (Å²) in [5, 5.41) is 40.0. The summed E-state index contributed by atoms with van der Waals surface area (Å²) in [7, 11) is 0. The van der Waals surface area contributed by atoms with Gasteiger partial charge >= 0.3 is 18.0 Å². The molecule has 0 aromatic carbocycles. The first-order valence-electron chi connectivity index (χ1n) is 12.9. The number of rotatable bonds is 4. The van der Waals surface area contributed by atoms with Crippen LogP contribution in [-0.2, 0) is 0 Å². The summed E-state index contributed by atoms with van der Waals surface area (Å²) in [6.45, 7) is 7.79. The van der Waals surface area contributed by atoms with Crippen molar-refractivity contribution in [3.05, 3.63) is 35.5 Å². The van der Waals surface area contributed by atoms with Crippen molar-refractivity contribution in [3.8, 4) is 11.8 Å². The number of fused-ring (bicyclic) bond motifs is 1. The van der Waals surface area contributed by atoms with Crippen LogP contribution in [0.1, 0.15) is 65.2 Å². The Morgan fingerprint density at radius 1 is 1.11 bits per heavy atom. The molecule has 0 bridgehead atoms. The normalized spacial score (nSPS) is 34.6. The lowest BCUT2D eigenvalue weighted by atomic mass is 9.60. The van der Waals surface area contributed by atoms with Crippen LogP contribution in [0.3, 0.4) is 0 Å². The Kier molecular flexibility index (Phi) is 8.89. The summed E-state index contributed by atoms with van der Waals surface area (Å²) in [5.41, 5.74) is -2.78. The molecule has 3 saturated carbocycles. The summed E-state index contributed by atoms with van der Waals surface area (Å²) in [4.78, 5) is 0. The van der Waals surface area contributed by atoms with E-state index in [1.807, 2.05) is 12.2 Å². The number of alkyl halides is 6. The van der Waals surface area contributed by atoms with Gasteiger partial charge in [-0.25, -0.2) is 0 Å². The van der Waals surface area contributed by atoms with Crippen molar-refractivity contribution >= 4 is 0 Å². The van der Waals surface area contributed by atoms with Crippen molar-refractivity contribution in [3.63, 3.8) is 0 Å². The minimum atomic E-state index is -6.03.